The molecular formula is C16H25N3O3. The van der Waals surface area contributed by atoms with Crippen LogP contribution in [0.15, 0.2) is 0 Å². The molecule has 2 aliphatic carbocycles. The lowest BCUT2D eigenvalue weighted by Gasteiger charge is -2.33. The van der Waals surface area contributed by atoms with Crippen molar-refractivity contribution >= 4 is 17.8 Å². The highest BCUT2D eigenvalue weighted by molar-refractivity contribution is 6.09. The van der Waals surface area contributed by atoms with Crippen LogP contribution in [0.5, 0.6) is 0 Å². The smallest absolute Gasteiger partial charge is 0.325 e. The zero-order chi connectivity index (χ0) is 15.7. The van der Waals surface area contributed by atoms with E-state index in [1.54, 1.807) is 0 Å². The number of urea groups is 1. The standard InChI is InChI=1S/C16H25N3O3/c1-11-6-8-16(9-7-11)14(21)19(15(22)18-16)10-13(20)17-12-4-2-3-5-12/h11-12H,2-10H2,1H3,(H,17,20)(H,18,22). The van der Waals surface area contributed by atoms with Gasteiger partial charge in [0.2, 0.25) is 5.91 Å². The van der Waals surface area contributed by atoms with Gasteiger partial charge in [-0.15, -0.1) is 0 Å². The number of imide groups is 1. The summed E-state index contributed by atoms with van der Waals surface area (Å²) in [5.41, 5.74) is -0.753. The van der Waals surface area contributed by atoms with Crippen molar-refractivity contribution in [2.24, 2.45) is 5.92 Å². The Morgan fingerprint density at radius 2 is 1.86 bits per heavy atom. The maximum absolute atomic E-state index is 12.6. The van der Waals surface area contributed by atoms with Crippen LogP contribution < -0.4 is 10.6 Å². The quantitative estimate of drug-likeness (QED) is 0.776. The molecular weight excluding hydrogens is 282 g/mol. The Hall–Kier alpha value is -1.59. The predicted molar refractivity (Wildman–Crippen MR) is 81.0 cm³/mol. The second-order valence-corrected chi connectivity index (χ2v) is 7.13. The highest BCUT2D eigenvalue weighted by Crippen LogP contribution is 2.36. The summed E-state index contributed by atoms with van der Waals surface area (Å²) in [4.78, 5) is 37.9. The van der Waals surface area contributed by atoms with E-state index in [-0.39, 0.29) is 24.4 Å². The van der Waals surface area contributed by atoms with Crippen LogP contribution in [0, 0.1) is 5.92 Å². The van der Waals surface area contributed by atoms with Crippen LogP contribution in [0.1, 0.15) is 58.3 Å². The molecule has 6 heteroatoms. The van der Waals surface area contributed by atoms with E-state index in [0.717, 1.165) is 43.4 Å². The first-order chi connectivity index (χ1) is 10.5. The van der Waals surface area contributed by atoms with Gasteiger partial charge in [-0.2, -0.15) is 0 Å². The number of hydrogen-bond acceptors (Lipinski definition) is 3. The van der Waals surface area contributed by atoms with Gasteiger partial charge in [0.05, 0.1) is 0 Å². The van der Waals surface area contributed by atoms with Gasteiger partial charge in [-0.25, -0.2) is 4.79 Å². The first kappa shape index (κ1) is 15.3. The molecule has 2 saturated carbocycles. The first-order valence-corrected chi connectivity index (χ1v) is 8.44. The summed E-state index contributed by atoms with van der Waals surface area (Å²) in [5, 5.41) is 5.78. The highest BCUT2D eigenvalue weighted by Gasteiger charge is 2.52. The van der Waals surface area contributed by atoms with Gasteiger partial charge in [0.15, 0.2) is 0 Å². The molecule has 0 aromatic carbocycles. The van der Waals surface area contributed by atoms with E-state index in [9.17, 15) is 14.4 Å². The second kappa shape index (κ2) is 5.89. The third-order valence-electron chi connectivity index (χ3n) is 5.40. The summed E-state index contributed by atoms with van der Waals surface area (Å²) >= 11 is 0. The van der Waals surface area contributed by atoms with Crippen molar-refractivity contribution in [1.29, 1.82) is 0 Å². The van der Waals surface area contributed by atoms with Crippen molar-refractivity contribution in [3.05, 3.63) is 0 Å². The van der Waals surface area contributed by atoms with Gasteiger partial charge >= 0.3 is 6.03 Å². The Balaban J connectivity index is 1.60. The monoisotopic (exact) mass is 307 g/mol. The topological polar surface area (TPSA) is 78.5 Å². The van der Waals surface area contributed by atoms with Crippen LogP contribution in [0.2, 0.25) is 0 Å². The van der Waals surface area contributed by atoms with E-state index in [4.69, 9.17) is 0 Å². The van der Waals surface area contributed by atoms with Gasteiger partial charge in [0.25, 0.3) is 5.91 Å². The molecule has 0 unspecified atom stereocenters. The van der Waals surface area contributed by atoms with Gasteiger partial charge < -0.3 is 10.6 Å². The van der Waals surface area contributed by atoms with Crippen LogP contribution in [0.3, 0.4) is 0 Å². The van der Waals surface area contributed by atoms with Crippen molar-refractivity contribution in [2.45, 2.75) is 69.9 Å². The van der Waals surface area contributed by atoms with Gasteiger partial charge in [-0.1, -0.05) is 19.8 Å². The molecule has 4 amide bonds. The van der Waals surface area contributed by atoms with Crippen molar-refractivity contribution in [3.8, 4) is 0 Å². The summed E-state index contributed by atoms with van der Waals surface area (Å²) in [7, 11) is 0. The predicted octanol–water partition coefficient (Wildman–Crippen LogP) is 1.55. The van der Waals surface area contributed by atoms with Crippen molar-refractivity contribution in [1.82, 2.24) is 15.5 Å². The maximum Gasteiger partial charge on any atom is 0.325 e. The van der Waals surface area contributed by atoms with Crippen molar-refractivity contribution in [2.75, 3.05) is 6.54 Å². The van der Waals surface area contributed by atoms with E-state index in [2.05, 4.69) is 17.6 Å². The Bertz CT molecular complexity index is 477. The van der Waals surface area contributed by atoms with Crippen LogP contribution in [-0.4, -0.2) is 40.9 Å². The Kier molecular flexibility index (Phi) is 4.10. The minimum atomic E-state index is -0.753. The summed E-state index contributed by atoms with van der Waals surface area (Å²) in [6.45, 7) is 2.01. The number of hydrogen-bond donors (Lipinski definition) is 2. The fourth-order valence-electron chi connectivity index (χ4n) is 3.90. The lowest BCUT2D eigenvalue weighted by molar-refractivity contribution is -0.136. The average Bonchev–Trinajstić information content (AvgIpc) is 3.06. The fraction of sp³-hybridized carbons (Fsp3) is 0.812. The molecule has 3 aliphatic rings. The zero-order valence-corrected chi connectivity index (χ0v) is 13.2. The molecule has 1 saturated heterocycles. The number of rotatable bonds is 3. The third kappa shape index (κ3) is 2.83. The Labute approximate surface area is 131 Å². The third-order valence-corrected chi connectivity index (χ3v) is 5.40. The molecule has 3 fully saturated rings. The van der Waals surface area contributed by atoms with Gasteiger partial charge in [-0.05, 0) is 44.4 Å². The van der Waals surface area contributed by atoms with Crippen LogP contribution in [0.4, 0.5) is 4.79 Å². The SMILES string of the molecule is CC1CCC2(CC1)NC(=O)N(CC(=O)NC1CCCC1)C2=O. The van der Waals surface area contributed by atoms with Gasteiger partial charge in [0, 0.05) is 6.04 Å². The fourth-order valence-corrected chi connectivity index (χ4v) is 3.90. The minimum Gasteiger partial charge on any atom is -0.352 e. The maximum atomic E-state index is 12.6. The molecule has 0 aromatic heterocycles. The summed E-state index contributed by atoms with van der Waals surface area (Å²) in [5.74, 6) is 0.151. The average molecular weight is 307 g/mol. The lowest BCUT2D eigenvalue weighted by Crippen LogP contribution is -2.50. The lowest BCUT2D eigenvalue weighted by atomic mass is 9.77. The normalized spacial score (nSPS) is 32.6. The molecule has 2 N–H and O–H groups in total. The van der Waals surface area contributed by atoms with Gasteiger partial charge in [-0.3, -0.25) is 14.5 Å². The highest BCUT2D eigenvalue weighted by atomic mass is 16.2. The Morgan fingerprint density at radius 3 is 2.50 bits per heavy atom. The van der Waals surface area contributed by atoms with Crippen LogP contribution >= 0.6 is 0 Å². The molecule has 1 aliphatic heterocycles. The summed E-state index contributed by atoms with van der Waals surface area (Å²) < 4.78 is 0. The van der Waals surface area contributed by atoms with E-state index in [1.165, 1.54) is 0 Å². The van der Waals surface area contributed by atoms with E-state index in [1.807, 2.05) is 0 Å². The minimum absolute atomic E-state index is 0.154. The number of carbonyl (C=O) groups is 3. The first-order valence-electron chi connectivity index (χ1n) is 8.44. The molecule has 1 spiro atoms. The van der Waals surface area contributed by atoms with E-state index < -0.39 is 11.6 Å². The molecule has 0 radical (unpaired) electrons. The van der Waals surface area contributed by atoms with Crippen molar-refractivity contribution in [3.63, 3.8) is 0 Å². The largest absolute Gasteiger partial charge is 0.352 e. The van der Waals surface area contributed by atoms with Crippen LogP contribution in [0.25, 0.3) is 0 Å². The second-order valence-electron chi connectivity index (χ2n) is 7.13. The summed E-state index contributed by atoms with van der Waals surface area (Å²) in [6, 6.07) is -0.209. The number of nitrogens with one attached hydrogen (secondary N) is 2. The number of carbonyl (C=O) groups excluding carboxylic acids is 3. The molecule has 0 aromatic rings. The number of amides is 4. The number of nitrogens with zero attached hydrogens (tertiary/aromatic N) is 1. The Morgan fingerprint density at radius 1 is 1.23 bits per heavy atom. The molecule has 0 bridgehead atoms. The van der Waals surface area contributed by atoms with Crippen LogP contribution in [-0.2, 0) is 9.59 Å². The molecule has 1 heterocycles. The van der Waals surface area contributed by atoms with E-state index in [0.29, 0.717) is 18.8 Å². The van der Waals surface area contributed by atoms with Gasteiger partial charge in [0.1, 0.15) is 12.1 Å². The molecule has 0 atom stereocenters. The van der Waals surface area contributed by atoms with E-state index >= 15 is 0 Å². The molecule has 22 heavy (non-hydrogen) atoms. The molecule has 6 nitrogen and oxygen atoms in total. The summed E-state index contributed by atoms with van der Waals surface area (Å²) in [6.07, 6.45) is 7.49. The molecule has 3 rings (SSSR count). The zero-order valence-electron chi connectivity index (χ0n) is 13.2. The molecule has 122 valence electrons. The van der Waals surface area contributed by atoms with Crippen molar-refractivity contribution < 1.29 is 14.4 Å².